The molecule has 6 aromatic rings. The first-order chi connectivity index (χ1) is 41.5. The number of hydrogen-bond acceptors (Lipinski definition) is 11. The van der Waals surface area contributed by atoms with Crippen LogP contribution in [0.15, 0.2) is 77.9 Å². The number of anilines is 1. The maximum atomic E-state index is 14.2. The lowest BCUT2D eigenvalue weighted by molar-refractivity contribution is -0.138. The third-order valence-corrected chi connectivity index (χ3v) is 14.2. The largest absolute Gasteiger partial charge is 0.364 e. The van der Waals surface area contributed by atoms with Crippen molar-refractivity contribution in [1.29, 1.82) is 0 Å². The van der Waals surface area contributed by atoms with Crippen LogP contribution < -0.4 is 32.7 Å². The summed E-state index contributed by atoms with van der Waals surface area (Å²) in [5.41, 5.74) is 20.4. The van der Waals surface area contributed by atoms with E-state index >= 15 is 0 Å². The fourth-order valence-corrected chi connectivity index (χ4v) is 9.57. The molecule has 0 unspecified atom stereocenters. The van der Waals surface area contributed by atoms with Crippen molar-refractivity contribution in [3.63, 3.8) is 0 Å². The fraction of sp³-hybridized carbons (Fsp3) is 0.393. The number of rotatable bonds is 18. The van der Waals surface area contributed by atoms with Crippen LogP contribution in [0.2, 0.25) is 10.0 Å². The third-order valence-electron chi connectivity index (χ3n) is 13.7. The Kier molecular flexibility index (Phi) is 25.1. The second-order valence-corrected chi connectivity index (χ2v) is 21.7. The molecule has 2 fully saturated rings. The van der Waals surface area contributed by atoms with E-state index in [1.807, 2.05) is 0 Å². The Morgan fingerprint density at radius 1 is 0.719 bits per heavy atom. The fourth-order valence-electron chi connectivity index (χ4n) is 9.18. The molecule has 0 aliphatic carbocycles. The first-order valence-electron chi connectivity index (χ1n) is 27.2. The summed E-state index contributed by atoms with van der Waals surface area (Å²) in [5, 5.41) is 21.9. The average molecular weight is 1310 g/mol. The molecule has 8 N–H and O–H groups in total. The van der Waals surface area contributed by atoms with Crippen molar-refractivity contribution in [1.82, 2.24) is 50.2 Å². The molecular formula is C56H63Cl3F6N16O8. The Labute approximate surface area is 520 Å². The molecular weight excluding hydrogens is 1250 g/mol. The SMILES string of the molecule is CC(C)N(CC(=O)NCc1cccc(Cl)c1F)C(=O)Cn1nc(C(N)=O)c2cc(C(=O)N=[N+]=[N-])ccc21.CC(C)N(CC(=O)NCc1cccc(Cl)c1F)C(=O)Cn1nc(C(N)=O)c2cc(NC(=O)N3CCCC(F)(F)C3)ccc21.Cl.FC1(F)CCCNC1. The Hall–Kier alpha value is -8.70. The van der Waals surface area contributed by atoms with Crippen LogP contribution in [0.25, 0.3) is 32.2 Å². The topological polar surface area (TPSA) is 331 Å². The van der Waals surface area contributed by atoms with E-state index in [4.69, 9.17) is 40.2 Å². The number of nitrogens with two attached hydrogens (primary N) is 2. The summed E-state index contributed by atoms with van der Waals surface area (Å²) in [5.74, 6) is -11.4. The van der Waals surface area contributed by atoms with Crippen molar-refractivity contribution in [3.05, 3.63) is 133 Å². The number of urea groups is 1. The number of alkyl halides is 4. The standard InChI is InChI=1S/C28H31ClF3N7O4.C23H22ClFN8O4.C5H9F2N.ClH/c1-16(2)38(13-22(40)34-12-17-5-3-6-20(29)24(17)30)23(41)14-39-21-8-7-18(11-19(21)25(36-39)26(33)42)35-27(43)37-10-4-9-28(31,32)15-37;1-12(2)32(10-18(34)28-9-14-4-3-5-16(24)20(14)25)19(35)11-33-17-7-6-13(23(37)29-31-27)8-15(17)21(30-33)22(26)36;6-5(7)2-1-3-8-4-5;/h3,5-8,11,16H,4,9-10,12-15H2,1-2H3,(H2,33,42)(H,34,40)(H,35,43);3-8,12H,9-11H2,1-2H3,(H2,26,36)(H,28,34);8H,1-4H2;1H. The van der Waals surface area contributed by atoms with E-state index in [-0.39, 0.29) is 145 Å². The molecule has 2 aromatic heterocycles. The van der Waals surface area contributed by atoms with Gasteiger partial charge >= 0.3 is 6.03 Å². The smallest absolute Gasteiger partial charge is 0.322 e. The molecule has 0 saturated carbocycles. The van der Waals surface area contributed by atoms with Gasteiger partial charge in [-0.1, -0.05) is 47.5 Å². The number of amides is 9. The van der Waals surface area contributed by atoms with E-state index in [0.29, 0.717) is 17.5 Å². The molecule has 0 bridgehead atoms. The normalized spacial score (nSPS) is 14.0. The van der Waals surface area contributed by atoms with Gasteiger partial charge in [0, 0.05) is 82.6 Å². The Bertz CT molecular complexity index is 3670. The number of likely N-dealkylation sites (tertiary alicyclic amines) is 1. The van der Waals surface area contributed by atoms with Crippen molar-refractivity contribution in [2.24, 2.45) is 16.6 Å². The molecule has 4 heterocycles. The van der Waals surface area contributed by atoms with Gasteiger partial charge in [-0.3, -0.25) is 42.9 Å². The quantitative estimate of drug-likeness (QED) is 0.0207. The summed E-state index contributed by atoms with van der Waals surface area (Å²) in [6.45, 7) is 5.36. The molecule has 2 aliphatic heterocycles. The summed E-state index contributed by atoms with van der Waals surface area (Å²) >= 11 is 11.5. The van der Waals surface area contributed by atoms with Crippen molar-refractivity contribution >= 4 is 110 Å². The average Bonchev–Trinajstić information content (AvgIpc) is 3.44. The number of azide groups is 1. The van der Waals surface area contributed by atoms with Crippen LogP contribution in [0, 0.1) is 11.6 Å². The highest BCUT2D eigenvalue weighted by Crippen LogP contribution is 2.29. The number of nitrogens with zero attached hydrogens (tertiary/aromatic N) is 10. The molecule has 0 spiro atoms. The molecule has 0 atom stereocenters. The lowest BCUT2D eigenvalue weighted by atomic mass is 10.1. The summed E-state index contributed by atoms with van der Waals surface area (Å²) in [7, 11) is 0. The molecule has 0 radical (unpaired) electrons. The Morgan fingerprint density at radius 2 is 1.20 bits per heavy atom. The highest BCUT2D eigenvalue weighted by atomic mass is 35.5. The van der Waals surface area contributed by atoms with E-state index in [0.717, 1.165) is 11.4 Å². The lowest BCUT2D eigenvalue weighted by Crippen LogP contribution is -2.47. The molecule has 9 amide bonds. The summed E-state index contributed by atoms with van der Waals surface area (Å²) in [6, 6.07) is 15.9. The first kappa shape index (κ1) is 71.1. The van der Waals surface area contributed by atoms with E-state index < -0.39 is 83.4 Å². The van der Waals surface area contributed by atoms with E-state index in [9.17, 15) is 64.7 Å². The molecule has 2 aliphatic rings. The number of piperidine rings is 2. The van der Waals surface area contributed by atoms with Gasteiger partial charge in [-0.05, 0) is 106 Å². The first-order valence-corrected chi connectivity index (χ1v) is 28.0. The second kappa shape index (κ2) is 31.5. The van der Waals surface area contributed by atoms with Crippen molar-refractivity contribution in [2.45, 2.75) is 103 Å². The number of primary amides is 2. The van der Waals surface area contributed by atoms with Gasteiger partial charge in [-0.25, -0.2) is 31.1 Å². The molecule has 89 heavy (non-hydrogen) atoms. The van der Waals surface area contributed by atoms with Gasteiger partial charge in [0.25, 0.3) is 23.7 Å². The highest BCUT2D eigenvalue weighted by molar-refractivity contribution is 6.31. The minimum atomic E-state index is -2.97. The van der Waals surface area contributed by atoms with Gasteiger partial charge < -0.3 is 47.4 Å². The van der Waals surface area contributed by atoms with Gasteiger partial charge in [0.05, 0.1) is 47.3 Å². The minimum Gasteiger partial charge on any atom is -0.364 e. The predicted octanol–water partition coefficient (Wildman–Crippen LogP) is 8.10. The monoisotopic (exact) mass is 1310 g/mol. The number of halogens is 9. The highest BCUT2D eigenvalue weighted by Gasteiger charge is 2.37. The molecule has 4 aromatic carbocycles. The van der Waals surface area contributed by atoms with Crippen LogP contribution in [0.1, 0.15) is 95.8 Å². The van der Waals surface area contributed by atoms with Crippen LogP contribution >= 0.6 is 35.6 Å². The zero-order valence-corrected chi connectivity index (χ0v) is 50.6. The maximum absolute atomic E-state index is 14.2. The van der Waals surface area contributed by atoms with Crippen LogP contribution in [-0.2, 0) is 45.4 Å². The summed E-state index contributed by atoms with van der Waals surface area (Å²) in [6.07, 6.45) is 0.541. The van der Waals surface area contributed by atoms with Gasteiger partial charge in [-0.2, -0.15) is 10.2 Å². The minimum absolute atomic E-state index is 0. The van der Waals surface area contributed by atoms with Crippen molar-refractivity contribution in [2.75, 3.05) is 44.6 Å². The van der Waals surface area contributed by atoms with Crippen molar-refractivity contribution < 1.29 is 64.7 Å². The van der Waals surface area contributed by atoms with Crippen LogP contribution in [0.3, 0.4) is 0 Å². The molecule has 2 saturated heterocycles. The second-order valence-electron chi connectivity index (χ2n) is 20.9. The number of nitrogens with one attached hydrogen (secondary N) is 4. The zero-order chi connectivity index (χ0) is 64.8. The van der Waals surface area contributed by atoms with E-state index in [2.05, 4.69) is 41.5 Å². The van der Waals surface area contributed by atoms with Crippen LogP contribution in [0.5, 0.6) is 0 Å². The van der Waals surface area contributed by atoms with E-state index in [1.165, 1.54) is 79.8 Å². The van der Waals surface area contributed by atoms with Gasteiger partial charge in [-0.15, -0.1) is 12.4 Å². The maximum Gasteiger partial charge on any atom is 0.322 e. The summed E-state index contributed by atoms with van der Waals surface area (Å²) in [4.78, 5) is 106. The van der Waals surface area contributed by atoms with Gasteiger partial charge in [0.2, 0.25) is 29.5 Å². The molecule has 33 heteroatoms. The zero-order valence-electron chi connectivity index (χ0n) is 48.3. The van der Waals surface area contributed by atoms with Crippen LogP contribution in [-0.4, -0.2) is 145 Å². The number of hydrogen-bond donors (Lipinski definition) is 6. The Morgan fingerprint density at radius 3 is 1.63 bits per heavy atom. The van der Waals surface area contributed by atoms with Gasteiger partial charge in [0.1, 0.15) is 24.7 Å². The molecule has 8 rings (SSSR count). The number of benzene rings is 4. The Balaban J connectivity index is 0.000000287. The predicted molar refractivity (Wildman–Crippen MR) is 319 cm³/mol. The van der Waals surface area contributed by atoms with E-state index in [1.54, 1.807) is 39.8 Å². The van der Waals surface area contributed by atoms with Gasteiger partial charge in [0.15, 0.2) is 11.4 Å². The number of fused-ring (bicyclic) bond motifs is 2. The molecule has 24 nitrogen and oxygen atoms in total. The number of carbonyl (C=O) groups is 8. The van der Waals surface area contributed by atoms with Crippen molar-refractivity contribution in [3.8, 4) is 0 Å². The number of aromatic nitrogens is 4. The molecule has 478 valence electrons. The van der Waals surface area contributed by atoms with Crippen LogP contribution in [0.4, 0.5) is 36.8 Å². The lowest BCUT2D eigenvalue weighted by Gasteiger charge is -2.32. The summed E-state index contributed by atoms with van der Waals surface area (Å²) < 4.78 is 82.5. The third kappa shape index (κ3) is 19.4. The number of carbonyl (C=O) groups excluding carboxylic acids is 8.